The summed E-state index contributed by atoms with van der Waals surface area (Å²) >= 11 is 11.5. The van der Waals surface area contributed by atoms with Crippen molar-refractivity contribution in [2.45, 2.75) is 6.04 Å². The molecule has 1 aromatic carbocycles. The predicted molar refractivity (Wildman–Crippen MR) is 78.5 cm³/mol. The molecule has 0 saturated heterocycles. The molecule has 2 rings (SSSR count). The van der Waals surface area contributed by atoms with Crippen LogP contribution in [-0.2, 0) is 4.79 Å². The van der Waals surface area contributed by atoms with Crippen LogP contribution in [0.25, 0.3) is 0 Å². The van der Waals surface area contributed by atoms with Gasteiger partial charge in [0, 0.05) is 6.20 Å². The van der Waals surface area contributed by atoms with Gasteiger partial charge in [0.25, 0.3) is 5.91 Å². The minimum Gasteiger partial charge on any atom is -0.479 e. The molecular formula is C14H10Cl2N2O3. The van der Waals surface area contributed by atoms with Crippen LogP contribution in [0.1, 0.15) is 22.0 Å². The first-order chi connectivity index (χ1) is 9.99. The number of halogens is 2. The number of hydrogen-bond donors (Lipinski definition) is 2. The Bertz CT molecular complexity index is 677. The molecule has 2 aromatic rings. The molecule has 0 unspecified atom stereocenters. The lowest BCUT2D eigenvalue weighted by molar-refractivity contribution is -0.139. The maximum atomic E-state index is 12.1. The number of hydrogen-bond acceptors (Lipinski definition) is 3. The van der Waals surface area contributed by atoms with E-state index in [9.17, 15) is 14.7 Å². The summed E-state index contributed by atoms with van der Waals surface area (Å²) in [5, 5.41) is 11.9. The SMILES string of the molecule is O=C(N[C@H](C(=O)O)c1ccccc1)c1cnc(Cl)c(Cl)c1. The van der Waals surface area contributed by atoms with Gasteiger partial charge in [-0.1, -0.05) is 53.5 Å². The van der Waals surface area contributed by atoms with Crippen molar-refractivity contribution in [1.82, 2.24) is 10.3 Å². The van der Waals surface area contributed by atoms with Gasteiger partial charge in [0.2, 0.25) is 0 Å². The zero-order valence-electron chi connectivity index (χ0n) is 10.6. The molecule has 0 radical (unpaired) electrons. The third-order valence-electron chi connectivity index (χ3n) is 2.71. The second-order valence-corrected chi connectivity index (χ2v) is 4.92. The highest BCUT2D eigenvalue weighted by Crippen LogP contribution is 2.20. The molecule has 0 saturated carbocycles. The number of benzene rings is 1. The third kappa shape index (κ3) is 3.71. The Labute approximate surface area is 130 Å². The molecule has 21 heavy (non-hydrogen) atoms. The van der Waals surface area contributed by atoms with Crippen molar-refractivity contribution < 1.29 is 14.7 Å². The monoisotopic (exact) mass is 324 g/mol. The topological polar surface area (TPSA) is 79.3 Å². The summed E-state index contributed by atoms with van der Waals surface area (Å²) < 4.78 is 0. The van der Waals surface area contributed by atoms with Crippen LogP contribution in [0.3, 0.4) is 0 Å². The molecule has 5 nitrogen and oxygen atoms in total. The zero-order valence-corrected chi connectivity index (χ0v) is 12.1. The number of pyridine rings is 1. The maximum Gasteiger partial charge on any atom is 0.330 e. The van der Waals surface area contributed by atoms with Gasteiger partial charge in [-0.3, -0.25) is 4.79 Å². The van der Waals surface area contributed by atoms with Crippen molar-refractivity contribution in [2.75, 3.05) is 0 Å². The van der Waals surface area contributed by atoms with Crippen molar-refractivity contribution in [3.8, 4) is 0 Å². The van der Waals surface area contributed by atoms with Gasteiger partial charge in [-0.25, -0.2) is 9.78 Å². The van der Waals surface area contributed by atoms with Crippen molar-refractivity contribution in [3.63, 3.8) is 0 Å². The molecule has 0 spiro atoms. The Morgan fingerprint density at radius 3 is 2.43 bits per heavy atom. The normalized spacial score (nSPS) is 11.7. The molecule has 7 heteroatoms. The van der Waals surface area contributed by atoms with Gasteiger partial charge in [-0.2, -0.15) is 0 Å². The van der Waals surface area contributed by atoms with Gasteiger partial charge >= 0.3 is 5.97 Å². The summed E-state index contributed by atoms with van der Waals surface area (Å²) in [7, 11) is 0. The van der Waals surface area contributed by atoms with Gasteiger partial charge in [0.1, 0.15) is 5.15 Å². The number of amides is 1. The van der Waals surface area contributed by atoms with E-state index in [1.54, 1.807) is 30.3 Å². The Balaban J connectivity index is 2.23. The molecule has 0 fully saturated rings. The highest BCUT2D eigenvalue weighted by molar-refractivity contribution is 6.41. The quantitative estimate of drug-likeness (QED) is 0.847. The Morgan fingerprint density at radius 1 is 1.19 bits per heavy atom. The molecule has 108 valence electrons. The van der Waals surface area contributed by atoms with Gasteiger partial charge in [-0.15, -0.1) is 0 Å². The van der Waals surface area contributed by atoms with Crippen LogP contribution >= 0.6 is 23.2 Å². The molecule has 1 atom stereocenters. The number of rotatable bonds is 4. The molecule has 1 heterocycles. The fraction of sp³-hybridized carbons (Fsp3) is 0.0714. The molecule has 0 aliphatic carbocycles. The van der Waals surface area contributed by atoms with Gasteiger partial charge in [0.15, 0.2) is 6.04 Å². The molecule has 1 amide bonds. The van der Waals surface area contributed by atoms with Crippen molar-refractivity contribution in [3.05, 3.63) is 63.9 Å². The number of carboxylic acid groups (broad SMARTS) is 1. The lowest BCUT2D eigenvalue weighted by atomic mass is 10.1. The molecule has 1 aromatic heterocycles. The summed E-state index contributed by atoms with van der Waals surface area (Å²) in [4.78, 5) is 27.1. The Hall–Kier alpha value is -2.11. The fourth-order valence-corrected chi connectivity index (χ4v) is 1.96. The summed E-state index contributed by atoms with van der Waals surface area (Å²) in [5.41, 5.74) is 0.595. The van der Waals surface area contributed by atoms with E-state index in [1.165, 1.54) is 12.3 Å². The summed E-state index contributed by atoms with van der Waals surface area (Å²) in [5.74, 6) is -1.76. The average Bonchev–Trinajstić information content (AvgIpc) is 2.48. The first-order valence-electron chi connectivity index (χ1n) is 5.88. The van der Waals surface area contributed by atoms with Crippen molar-refractivity contribution >= 4 is 35.1 Å². The minimum atomic E-state index is -1.16. The standard InChI is InChI=1S/C14H10Cl2N2O3/c15-10-6-9(7-17-12(10)16)13(19)18-11(14(20)21)8-4-2-1-3-5-8/h1-7,11H,(H,18,19)(H,20,21)/t11-/m0/s1. The predicted octanol–water partition coefficient (Wildman–Crippen LogP) is 2.94. The number of carboxylic acids is 1. The minimum absolute atomic E-state index is 0.0751. The number of carbonyl (C=O) groups excluding carboxylic acids is 1. The van der Waals surface area contributed by atoms with Crippen LogP contribution in [0.2, 0.25) is 10.2 Å². The zero-order chi connectivity index (χ0) is 15.4. The van der Waals surface area contributed by atoms with Gasteiger partial charge < -0.3 is 10.4 Å². The highest BCUT2D eigenvalue weighted by atomic mass is 35.5. The average molecular weight is 325 g/mol. The van der Waals surface area contributed by atoms with E-state index in [4.69, 9.17) is 23.2 Å². The summed E-state index contributed by atoms with van der Waals surface area (Å²) in [6.45, 7) is 0. The smallest absolute Gasteiger partial charge is 0.330 e. The van der Waals surface area contributed by atoms with Crippen molar-refractivity contribution in [2.24, 2.45) is 0 Å². The molecule has 0 aliphatic rings. The second kappa shape index (κ2) is 6.56. The first-order valence-corrected chi connectivity index (χ1v) is 6.64. The number of aromatic nitrogens is 1. The first kappa shape index (κ1) is 15.3. The van der Waals surface area contributed by atoms with Gasteiger partial charge in [-0.05, 0) is 11.6 Å². The Morgan fingerprint density at radius 2 is 1.86 bits per heavy atom. The van der Waals surface area contributed by atoms with Crippen LogP contribution in [0, 0.1) is 0 Å². The van der Waals surface area contributed by atoms with Crippen LogP contribution in [0.15, 0.2) is 42.6 Å². The van der Waals surface area contributed by atoms with E-state index in [1.807, 2.05) is 0 Å². The van der Waals surface area contributed by atoms with E-state index in [0.717, 1.165) is 0 Å². The summed E-state index contributed by atoms with van der Waals surface area (Å²) in [6.07, 6.45) is 1.23. The number of carbonyl (C=O) groups is 2. The summed E-state index contributed by atoms with van der Waals surface area (Å²) in [6, 6.07) is 8.55. The molecule has 0 bridgehead atoms. The van der Waals surface area contributed by atoms with E-state index >= 15 is 0 Å². The lowest BCUT2D eigenvalue weighted by Crippen LogP contribution is -2.33. The maximum absolute atomic E-state index is 12.1. The van der Waals surface area contributed by atoms with Crippen LogP contribution in [0.4, 0.5) is 0 Å². The van der Waals surface area contributed by atoms with Crippen molar-refractivity contribution in [1.29, 1.82) is 0 Å². The van der Waals surface area contributed by atoms with E-state index < -0.39 is 17.9 Å². The second-order valence-electron chi connectivity index (χ2n) is 4.15. The number of nitrogens with one attached hydrogen (secondary N) is 1. The van der Waals surface area contributed by atoms with Gasteiger partial charge in [0.05, 0.1) is 10.6 Å². The Kier molecular flexibility index (Phi) is 4.77. The van der Waals surface area contributed by atoms with Crippen LogP contribution < -0.4 is 5.32 Å². The highest BCUT2D eigenvalue weighted by Gasteiger charge is 2.22. The number of aliphatic carboxylic acids is 1. The number of nitrogens with zero attached hydrogens (tertiary/aromatic N) is 1. The largest absolute Gasteiger partial charge is 0.479 e. The molecule has 0 aliphatic heterocycles. The third-order valence-corrected chi connectivity index (χ3v) is 3.40. The van der Waals surface area contributed by atoms with Crippen LogP contribution in [-0.4, -0.2) is 22.0 Å². The lowest BCUT2D eigenvalue weighted by Gasteiger charge is -2.15. The van der Waals surface area contributed by atoms with E-state index in [2.05, 4.69) is 10.3 Å². The van der Waals surface area contributed by atoms with Crippen LogP contribution in [0.5, 0.6) is 0 Å². The fourth-order valence-electron chi connectivity index (χ4n) is 1.69. The van der Waals surface area contributed by atoms with E-state index in [0.29, 0.717) is 5.56 Å². The van der Waals surface area contributed by atoms with E-state index in [-0.39, 0.29) is 15.7 Å². The molecule has 2 N–H and O–H groups in total. The molecular weight excluding hydrogens is 315 g/mol.